The van der Waals surface area contributed by atoms with Gasteiger partial charge in [-0.3, -0.25) is 14.4 Å². The summed E-state index contributed by atoms with van der Waals surface area (Å²) in [6.07, 6.45) is 8.20. The Labute approximate surface area is 500 Å². The number of carbonyl (C=O) groups is 6. The molecule has 79 heavy (non-hydrogen) atoms. The van der Waals surface area contributed by atoms with Crippen LogP contribution in [0.25, 0.3) is 0 Å². The zero-order valence-electron chi connectivity index (χ0n) is 47.5. The molecule has 1 saturated carbocycles. The van der Waals surface area contributed by atoms with Crippen LogP contribution in [0.4, 0.5) is 0 Å². The summed E-state index contributed by atoms with van der Waals surface area (Å²) >= 11 is 17.8. The molecule has 0 aromatic heterocycles. The fraction of sp³-hybridized carbons (Fsp3) is 0.607. The third-order valence-electron chi connectivity index (χ3n) is 15.6. The van der Waals surface area contributed by atoms with Crippen molar-refractivity contribution in [3.63, 3.8) is 0 Å². The van der Waals surface area contributed by atoms with Crippen LogP contribution < -0.4 is 0 Å². The Kier molecular flexibility index (Phi) is 26.8. The molecule has 3 aliphatic heterocycles. The molecule has 7 rings (SSSR count). The topological polar surface area (TPSA) is 173 Å². The number of carboxylic acids is 3. The standard InChI is InChI=1S/C22H31NO3S2.C20H29NO3S2.C19H27NO3S2/c1-15(13-27)21(24)23-12-19(11-20(23)22(25)26)28-14-16-7-9-18(10-8-16)17-5-3-2-4-6-17;1-13(11-25)18(22)21-10-16(9-17(21)19(23)24)26-12-14-5-7-15(8-6-14)20(2,3)4;1-12(2)15-6-4-14(5-7-15)11-25-16-8-17(19(22)23)20(9-16)18(21)13(3)10-24/h7-10,15,17,19-20,27H,2-6,11-14H2,1H3,(H,25,26);5-8,13,16-17,25H,9-12H2,1-4H3,(H,23,24);4-7,12-13,16-17,24H,8-11H2,1-3H3,(H,22,23)/t15-,19?,20?;2*13-,16?,17?/m111/s1. The monoisotopic (exact) mass is 1200 g/mol. The number of hydrogen-bond donors (Lipinski definition) is 6. The summed E-state index contributed by atoms with van der Waals surface area (Å²) in [5.74, 6) is 1.25. The largest absolute Gasteiger partial charge is 0.480 e. The Morgan fingerprint density at radius 2 is 0.823 bits per heavy atom. The highest BCUT2D eigenvalue weighted by atomic mass is 32.2. The molecular weight excluding hydrogens is 1110 g/mol. The number of benzene rings is 3. The molecule has 4 fully saturated rings. The van der Waals surface area contributed by atoms with E-state index in [4.69, 9.17) is 0 Å². The number of thiol groups is 3. The first-order chi connectivity index (χ1) is 37.4. The van der Waals surface area contributed by atoms with Gasteiger partial charge < -0.3 is 30.0 Å². The minimum atomic E-state index is -0.914. The van der Waals surface area contributed by atoms with Gasteiger partial charge in [-0.05, 0) is 82.7 Å². The number of nitrogens with zero attached hydrogens (tertiary/aromatic N) is 3. The van der Waals surface area contributed by atoms with Crippen LogP contribution in [0.1, 0.15) is 152 Å². The molecule has 3 aromatic rings. The van der Waals surface area contributed by atoms with E-state index in [0.717, 1.165) is 23.2 Å². The van der Waals surface area contributed by atoms with Crippen molar-refractivity contribution in [3.05, 3.63) is 106 Å². The van der Waals surface area contributed by atoms with Gasteiger partial charge in [0.05, 0.1) is 0 Å². The van der Waals surface area contributed by atoms with E-state index in [0.29, 0.717) is 62.1 Å². The van der Waals surface area contributed by atoms with Crippen LogP contribution in [0.2, 0.25) is 0 Å². The number of thioether (sulfide) groups is 3. The number of carbonyl (C=O) groups excluding carboxylic acids is 3. The van der Waals surface area contributed by atoms with Crippen molar-refractivity contribution in [2.75, 3.05) is 36.9 Å². The van der Waals surface area contributed by atoms with Crippen molar-refractivity contribution >= 4 is 109 Å². The van der Waals surface area contributed by atoms with Crippen molar-refractivity contribution in [2.24, 2.45) is 17.8 Å². The second-order valence-corrected chi connectivity index (χ2v) is 28.2. The van der Waals surface area contributed by atoms with Crippen LogP contribution in [-0.4, -0.2) is 136 Å². The van der Waals surface area contributed by atoms with E-state index in [1.807, 2.05) is 6.92 Å². The minimum absolute atomic E-state index is 0.0951. The van der Waals surface area contributed by atoms with Crippen LogP contribution in [0.15, 0.2) is 72.8 Å². The third-order valence-corrected chi connectivity index (χ3v) is 21.1. The first-order valence-electron chi connectivity index (χ1n) is 28.0. The van der Waals surface area contributed by atoms with E-state index in [1.165, 1.54) is 75.3 Å². The molecule has 3 aromatic carbocycles. The molecular formula is C61H87N3O9S6. The highest BCUT2D eigenvalue weighted by molar-refractivity contribution is 7.99. The predicted octanol–water partition coefficient (Wildman–Crippen LogP) is 12.1. The van der Waals surface area contributed by atoms with Crippen molar-refractivity contribution in [1.82, 2.24) is 14.7 Å². The molecule has 0 radical (unpaired) electrons. The molecule has 4 aliphatic rings. The fourth-order valence-corrected chi connectivity index (χ4v) is 14.4. The Balaban J connectivity index is 0.000000218. The average molecular weight is 1200 g/mol. The Morgan fingerprint density at radius 3 is 1.11 bits per heavy atom. The molecule has 12 nitrogen and oxygen atoms in total. The number of rotatable bonds is 20. The third kappa shape index (κ3) is 19.6. The summed E-state index contributed by atoms with van der Waals surface area (Å²) in [6.45, 7) is 17.8. The van der Waals surface area contributed by atoms with E-state index < -0.39 is 36.0 Å². The van der Waals surface area contributed by atoms with Gasteiger partial charge in [-0.15, -0.1) is 0 Å². The molecule has 1 aliphatic carbocycles. The summed E-state index contributed by atoms with van der Waals surface area (Å²) in [5.41, 5.74) is 7.94. The molecule has 0 bridgehead atoms. The summed E-state index contributed by atoms with van der Waals surface area (Å²) in [4.78, 5) is 76.7. The fourth-order valence-electron chi connectivity index (χ4n) is 10.3. The highest BCUT2D eigenvalue weighted by Crippen LogP contribution is 2.36. The van der Waals surface area contributed by atoms with Crippen LogP contribution in [0, 0.1) is 17.8 Å². The van der Waals surface area contributed by atoms with Gasteiger partial charge in [0, 0.05) is 87.7 Å². The van der Waals surface area contributed by atoms with E-state index >= 15 is 0 Å². The van der Waals surface area contributed by atoms with Gasteiger partial charge in [-0.25, -0.2) is 14.4 Å². The lowest BCUT2D eigenvalue weighted by Gasteiger charge is -2.24. The first kappa shape index (κ1) is 66.4. The van der Waals surface area contributed by atoms with Gasteiger partial charge in [0.2, 0.25) is 17.7 Å². The van der Waals surface area contributed by atoms with Gasteiger partial charge in [0.25, 0.3) is 0 Å². The maximum absolute atomic E-state index is 12.5. The first-order valence-corrected chi connectivity index (χ1v) is 33.0. The van der Waals surface area contributed by atoms with Crippen LogP contribution in [0.3, 0.4) is 0 Å². The maximum Gasteiger partial charge on any atom is 0.326 e. The molecule has 436 valence electrons. The zero-order chi connectivity index (χ0) is 58.1. The number of amides is 3. The molecule has 18 heteroatoms. The lowest BCUT2D eigenvalue weighted by Crippen LogP contribution is -2.43. The van der Waals surface area contributed by atoms with Crippen molar-refractivity contribution < 1.29 is 44.1 Å². The minimum Gasteiger partial charge on any atom is -0.480 e. The molecule has 9 atom stereocenters. The number of likely N-dealkylation sites (tertiary alicyclic amines) is 3. The van der Waals surface area contributed by atoms with Gasteiger partial charge >= 0.3 is 17.9 Å². The molecule has 3 heterocycles. The Bertz CT molecular complexity index is 2450. The van der Waals surface area contributed by atoms with E-state index in [9.17, 15) is 44.1 Å². The molecule has 0 spiro atoms. The van der Waals surface area contributed by atoms with Gasteiger partial charge in [-0.1, -0.05) is 147 Å². The SMILES string of the molecule is CC(C)c1ccc(CSC2CC(C(=O)O)N(C(=O)[C@H](C)CS)C2)cc1.C[C@H](CS)C(=O)N1CC(SCc2ccc(C(C)(C)C)cc2)CC1C(=O)O.C[C@H](CS)C(=O)N1CC(SCc2ccc(C3CCCCC3)cc2)CC1C(=O)O. The quantitative estimate of drug-likeness (QED) is 0.0592. The molecule has 6 unspecified atom stereocenters. The number of aliphatic carboxylic acids is 3. The van der Waals surface area contributed by atoms with Gasteiger partial charge in [0.15, 0.2) is 0 Å². The van der Waals surface area contributed by atoms with E-state index in [1.54, 1.807) is 54.0 Å². The van der Waals surface area contributed by atoms with Gasteiger partial charge in [-0.2, -0.15) is 73.2 Å². The smallest absolute Gasteiger partial charge is 0.326 e. The Hall–Kier alpha value is -3.42. The maximum atomic E-state index is 12.5. The lowest BCUT2D eigenvalue weighted by atomic mass is 9.84. The summed E-state index contributed by atoms with van der Waals surface area (Å²) in [5, 5.41) is 28.9. The van der Waals surface area contributed by atoms with Crippen molar-refractivity contribution in [2.45, 2.75) is 175 Å². The van der Waals surface area contributed by atoms with Gasteiger partial charge in [0.1, 0.15) is 18.1 Å². The van der Waals surface area contributed by atoms with Crippen LogP contribution in [0.5, 0.6) is 0 Å². The van der Waals surface area contributed by atoms with E-state index in [-0.39, 0.29) is 56.6 Å². The zero-order valence-corrected chi connectivity index (χ0v) is 52.6. The molecule has 3 N–H and O–H groups in total. The van der Waals surface area contributed by atoms with Crippen LogP contribution >= 0.6 is 73.2 Å². The predicted molar refractivity (Wildman–Crippen MR) is 336 cm³/mol. The summed E-state index contributed by atoms with van der Waals surface area (Å²) in [6, 6.07) is 24.0. The lowest BCUT2D eigenvalue weighted by molar-refractivity contribution is -0.149. The highest BCUT2D eigenvalue weighted by Gasteiger charge is 2.43. The average Bonchev–Trinajstić information content (AvgIpc) is 4.31. The second kappa shape index (κ2) is 31.9. The molecule has 3 saturated heterocycles. The van der Waals surface area contributed by atoms with Crippen LogP contribution in [-0.2, 0) is 51.4 Å². The van der Waals surface area contributed by atoms with Crippen molar-refractivity contribution in [1.29, 1.82) is 0 Å². The summed E-state index contributed by atoms with van der Waals surface area (Å²) in [7, 11) is 0. The summed E-state index contributed by atoms with van der Waals surface area (Å²) < 4.78 is 0. The molecule has 3 amide bonds. The van der Waals surface area contributed by atoms with Crippen molar-refractivity contribution in [3.8, 4) is 0 Å². The van der Waals surface area contributed by atoms with E-state index in [2.05, 4.69) is 145 Å². The number of carboxylic acid groups (broad SMARTS) is 3. The normalized spacial score (nSPS) is 22.6. The number of hydrogen-bond acceptors (Lipinski definition) is 12. The Morgan fingerprint density at radius 1 is 0.506 bits per heavy atom. The second-order valence-electron chi connectivity index (χ2n) is 23.2.